The number of carboxylic acid groups (broad SMARTS) is 1. The van der Waals surface area contributed by atoms with Gasteiger partial charge in [-0.3, -0.25) is 14.4 Å². The molecule has 1 aromatic heterocycles. The second-order valence-electron chi connectivity index (χ2n) is 7.65. The van der Waals surface area contributed by atoms with Gasteiger partial charge in [0.15, 0.2) is 0 Å². The van der Waals surface area contributed by atoms with Crippen LogP contribution in [0.3, 0.4) is 0 Å². The molecule has 1 aromatic carbocycles. The van der Waals surface area contributed by atoms with E-state index in [9.17, 15) is 23.9 Å². The Morgan fingerprint density at radius 2 is 1.62 bits per heavy atom. The molecule has 5 rings (SSSR count). The Labute approximate surface area is 171 Å². The van der Waals surface area contributed by atoms with Crippen LogP contribution >= 0.6 is 11.3 Å². The smallest absolute Gasteiger partial charge is 0.307 e. The average molecular weight is 416 g/mol. The van der Waals surface area contributed by atoms with Gasteiger partial charge in [0.1, 0.15) is 10.8 Å². The third-order valence-electron chi connectivity index (χ3n) is 6.08. The van der Waals surface area contributed by atoms with Gasteiger partial charge in [-0.05, 0) is 61.1 Å². The highest BCUT2D eigenvalue weighted by Crippen LogP contribution is 2.49. The van der Waals surface area contributed by atoms with E-state index in [0.717, 1.165) is 25.7 Å². The van der Waals surface area contributed by atoms with E-state index in [2.05, 4.69) is 10.6 Å². The largest absolute Gasteiger partial charge is 0.481 e. The van der Waals surface area contributed by atoms with Gasteiger partial charge in [0, 0.05) is 0 Å². The number of thiophene rings is 1. The van der Waals surface area contributed by atoms with E-state index in [-0.39, 0.29) is 29.0 Å². The Morgan fingerprint density at radius 3 is 2.28 bits per heavy atom. The number of aliphatic carboxylic acids is 1. The standard InChI is InChI=1S/C21H21FN2O4S/c22-14-3-1-2-4-15(14)23-18(25)13-9-10-29-20(13)24-19(26)16-11-5-7-12(8-6-11)17(16)21(27)28/h1-4,9-12,16-17H,5-8H2,(H,23,25)(H,24,26)(H,27,28). The van der Waals surface area contributed by atoms with Crippen molar-refractivity contribution in [1.82, 2.24) is 0 Å². The van der Waals surface area contributed by atoms with E-state index in [4.69, 9.17) is 0 Å². The highest BCUT2D eigenvalue weighted by molar-refractivity contribution is 7.14. The maximum Gasteiger partial charge on any atom is 0.307 e. The molecule has 8 heteroatoms. The van der Waals surface area contributed by atoms with Crippen LogP contribution in [0.1, 0.15) is 36.0 Å². The quantitative estimate of drug-likeness (QED) is 0.680. The summed E-state index contributed by atoms with van der Waals surface area (Å²) in [4.78, 5) is 37.4. The summed E-state index contributed by atoms with van der Waals surface area (Å²) in [5.74, 6) is -3.56. The normalized spacial score (nSPS) is 25.4. The van der Waals surface area contributed by atoms with Crippen LogP contribution in [0.15, 0.2) is 35.7 Å². The highest BCUT2D eigenvalue weighted by atomic mass is 32.1. The molecule has 2 atom stereocenters. The lowest BCUT2D eigenvalue weighted by molar-refractivity contribution is -0.156. The zero-order chi connectivity index (χ0) is 20.5. The van der Waals surface area contributed by atoms with Crippen molar-refractivity contribution in [3.05, 3.63) is 47.1 Å². The number of rotatable bonds is 5. The van der Waals surface area contributed by atoms with Crippen LogP contribution in [-0.4, -0.2) is 22.9 Å². The van der Waals surface area contributed by atoms with E-state index >= 15 is 0 Å². The topological polar surface area (TPSA) is 95.5 Å². The molecule has 3 fully saturated rings. The predicted octanol–water partition coefficient (Wildman–Crippen LogP) is 4.22. The number of fused-ring (bicyclic) bond motifs is 3. The van der Waals surface area contributed by atoms with Crippen LogP contribution < -0.4 is 10.6 Å². The molecule has 6 nitrogen and oxygen atoms in total. The maximum atomic E-state index is 13.8. The molecule has 0 aliphatic heterocycles. The summed E-state index contributed by atoms with van der Waals surface area (Å²) < 4.78 is 13.8. The molecule has 3 saturated carbocycles. The van der Waals surface area contributed by atoms with Gasteiger partial charge in [-0.1, -0.05) is 12.1 Å². The first-order valence-electron chi connectivity index (χ1n) is 9.62. The van der Waals surface area contributed by atoms with Crippen LogP contribution in [0.4, 0.5) is 15.1 Å². The fourth-order valence-corrected chi connectivity index (χ4v) is 5.50. The lowest BCUT2D eigenvalue weighted by atomic mass is 9.58. The summed E-state index contributed by atoms with van der Waals surface area (Å²) in [5.41, 5.74) is 0.274. The number of amides is 2. The van der Waals surface area contributed by atoms with E-state index in [1.807, 2.05) is 0 Å². The Bertz CT molecular complexity index is 952. The van der Waals surface area contributed by atoms with Gasteiger partial charge in [-0.15, -0.1) is 11.3 Å². The molecular formula is C21H21FN2O4S. The summed E-state index contributed by atoms with van der Waals surface area (Å²) in [6.07, 6.45) is 3.41. The van der Waals surface area contributed by atoms with Crippen molar-refractivity contribution >= 4 is 39.8 Å². The molecule has 2 amide bonds. The number of hydrogen-bond donors (Lipinski definition) is 3. The third-order valence-corrected chi connectivity index (χ3v) is 6.91. The second-order valence-corrected chi connectivity index (χ2v) is 8.57. The summed E-state index contributed by atoms with van der Waals surface area (Å²) in [7, 11) is 0. The van der Waals surface area contributed by atoms with Crippen molar-refractivity contribution in [3.63, 3.8) is 0 Å². The van der Waals surface area contributed by atoms with Gasteiger partial charge in [0.2, 0.25) is 5.91 Å². The Hall–Kier alpha value is -2.74. The van der Waals surface area contributed by atoms with Gasteiger partial charge >= 0.3 is 5.97 Å². The minimum atomic E-state index is -0.928. The summed E-state index contributed by atoms with van der Waals surface area (Å²) in [5, 5.41) is 16.9. The van der Waals surface area contributed by atoms with Crippen molar-refractivity contribution in [2.24, 2.45) is 23.7 Å². The summed E-state index contributed by atoms with van der Waals surface area (Å²) in [6.45, 7) is 0. The molecule has 3 N–H and O–H groups in total. The number of carbonyl (C=O) groups excluding carboxylic acids is 2. The first-order chi connectivity index (χ1) is 14.0. The molecule has 2 bridgehead atoms. The van der Waals surface area contributed by atoms with Gasteiger partial charge < -0.3 is 15.7 Å². The van der Waals surface area contributed by atoms with Gasteiger partial charge in [0.05, 0.1) is 23.1 Å². The fourth-order valence-electron chi connectivity index (χ4n) is 4.71. The minimum Gasteiger partial charge on any atom is -0.481 e. The molecular weight excluding hydrogens is 395 g/mol. The molecule has 3 aliphatic carbocycles. The van der Waals surface area contributed by atoms with E-state index in [1.165, 1.54) is 29.5 Å². The van der Waals surface area contributed by atoms with Gasteiger partial charge in [0.25, 0.3) is 5.91 Å². The lowest BCUT2D eigenvalue weighted by Crippen LogP contribution is -2.49. The summed E-state index contributed by atoms with van der Waals surface area (Å²) in [6, 6.07) is 7.39. The van der Waals surface area contributed by atoms with Gasteiger partial charge in [-0.25, -0.2) is 4.39 Å². The highest BCUT2D eigenvalue weighted by Gasteiger charge is 2.50. The zero-order valence-corrected chi connectivity index (χ0v) is 16.4. The first-order valence-corrected chi connectivity index (χ1v) is 10.5. The number of carboxylic acids is 1. The molecule has 0 radical (unpaired) electrons. The SMILES string of the molecule is O=C(Nc1ccccc1F)c1ccsc1NC(=O)C1C2CCC(CC2)C1C(=O)O. The number of benzene rings is 1. The number of nitrogens with one attached hydrogen (secondary N) is 2. The van der Waals surface area contributed by atoms with Crippen LogP contribution in [0.5, 0.6) is 0 Å². The van der Waals surface area contributed by atoms with Crippen molar-refractivity contribution in [2.45, 2.75) is 25.7 Å². The average Bonchev–Trinajstić information content (AvgIpc) is 3.18. The zero-order valence-electron chi connectivity index (χ0n) is 15.6. The van der Waals surface area contributed by atoms with E-state index in [0.29, 0.717) is 5.00 Å². The molecule has 0 spiro atoms. The van der Waals surface area contributed by atoms with Gasteiger partial charge in [-0.2, -0.15) is 0 Å². The van der Waals surface area contributed by atoms with Crippen molar-refractivity contribution in [1.29, 1.82) is 0 Å². The minimum absolute atomic E-state index is 0.0282. The second kappa shape index (κ2) is 7.94. The molecule has 0 saturated heterocycles. The number of carbonyl (C=O) groups is 3. The Kier molecular flexibility index (Phi) is 5.36. The molecule has 29 heavy (non-hydrogen) atoms. The van der Waals surface area contributed by atoms with E-state index in [1.54, 1.807) is 17.5 Å². The summed E-state index contributed by atoms with van der Waals surface area (Å²) >= 11 is 1.18. The molecule has 2 aromatic rings. The van der Waals surface area contributed by atoms with E-state index < -0.39 is 29.5 Å². The monoisotopic (exact) mass is 416 g/mol. The molecule has 1 heterocycles. The number of halogens is 1. The van der Waals surface area contributed by atoms with Crippen LogP contribution in [-0.2, 0) is 9.59 Å². The third kappa shape index (κ3) is 3.76. The predicted molar refractivity (Wildman–Crippen MR) is 107 cm³/mol. The van der Waals surface area contributed by atoms with Crippen LogP contribution in [0.25, 0.3) is 0 Å². The number of anilines is 2. The van der Waals surface area contributed by atoms with Crippen molar-refractivity contribution < 1.29 is 23.9 Å². The molecule has 2 unspecified atom stereocenters. The Balaban J connectivity index is 1.51. The lowest BCUT2D eigenvalue weighted by Gasteiger charge is -2.45. The Morgan fingerprint density at radius 1 is 0.966 bits per heavy atom. The van der Waals surface area contributed by atoms with Crippen molar-refractivity contribution in [3.8, 4) is 0 Å². The van der Waals surface area contributed by atoms with Crippen LogP contribution in [0.2, 0.25) is 0 Å². The van der Waals surface area contributed by atoms with Crippen LogP contribution in [0, 0.1) is 29.5 Å². The number of hydrogen-bond acceptors (Lipinski definition) is 4. The maximum absolute atomic E-state index is 13.8. The molecule has 152 valence electrons. The fraction of sp³-hybridized carbons (Fsp3) is 0.381. The number of para-hydroxylation sites is 1. The first kappa shape index (κ1) is 19.6. The molecule has 3 aliphatic rings. The van der Waals surface area contributed by atoms with Crippen molar-refractivity contribution in [2.75, 3.05) is 10.6 Å².